The van der Waals surface area contributed by atoms with E-state index >= 15 is 0 Å². The first-order chi connectivity index (χ1) is 9.40. The molecule has 0 saturated carbocycles. The fourth-order valence-corrected chi connectivity index (χ4v) is 3.02. The highest BCUT2D eigenvalue weighted by atomic mass is 35.5. The molecule has 3 nitrogen and oxygen atoms in total. The molecule has 1 saturated heterocycles. The Labute approximate surface area is 129 Å². The lowest BCUT2D eigenvalue weighted by molar-refractivity contribution is -0.665. The zero-order valence-electron chi connectivity index (χ0n) is 11.8. The van der Waals surface area contributed by atoms with E-state index in [2.05, 4.69) is 5.32 Å². The van der Waals surface area contributed by atoms with Crippen LogP contribution in [0, 0.1) is 5.92 Å². The highest BCUT2D eigenvalue weighted by Crippen LogP contribution is 2.30. The smallest absolute Gasteiger partial charge is 0.340 e. The highest BCUT2D eigenvalue weighted by Gasteiger charge is 2.35. The monoisotopic (exact) mass is 316 g/mol. The summed E-state index contributed by atoms with van der Waals surface area (Å²) in [6.07, 6.45) is 2.12. The SMILES string of the molecule is CC(C)(OC(=O)c1cc(Cl)ccc1Cl)C1CC[NH2+]CC1. The van der Waals surface area contributed by atoms with Crippen LogP contribution < -0.4 is 5.32 Å². The molecule has 0 spiro atoms. The molecule has 0 aromatic heterocycles. The van der Waals surface area contributed by atoms with Crippen LogP contribution in [0.4, 0.5) is 0 Å². The van der Waals surface area contributed by atoms with Gasteiger partial charge in [-0.15, -0.1) is 0 Å². The van der Waals surface area contributed by atoms with Gasteiger partial charge in [0.15, 0.2) is 0 Å². The van der Waals surface area contributed by atoms with E-state index in [0.29, 0.717) is 21.5 Å². The Bertz CT molecular complexity index is 497. The maximum Gasteiger partial charge on any atom is 0.340 e. The number of carbonyl (C=O) groups excluding carboxylic acids is 1. The summed E-state index contributed by atoms with van der Waals surface area (Å²) in [5.41, 5.74) is -0.161. The number of halogens is 2. The van der Waals surface area contributed by atoms with Crippen molar-refractivity contribution in [1.29, 1.82) is 0 Å². The van der Waals surface area contributed by atoms with E-state index in [-0.39, 0.29) is 0 Å². The fourth-order valence-electron chi connectivity index (χ4n) is 2.65. The molecule has 5 heteroatoms. The van der Waals surface area contributed by atoms with Crippen molar-refractivity contribution in [2.24, 2.45) is 5.92 Å². The average Bonchev–Trinajstić information content (AvgIpc) is 2.42. The lowest BCUT2D eigenvalue weighted by Crippen LogP contribution is -2.86. The molecular weight excluding hydrogens is 297 g/mol. The number of ether oxygens (including phenoxy) is 1. The summed E-state index contributed by atoms with van der Waals surface area (Å²) in [5.74, 6) is -0.0218. The van der Waals surface area contributed by atoms with E-state index in [0.717, 1.165) is 25.9 Å². The van der Waals surface area contributed by atoms with E-state index in [1.807, 2.05) is 13.8 Å². The van der Waals surface area contributed by atoms with Crippen LogP contribution in [0.1, 0.15) is 37.0 Å². The number of quaternary nitrogens is 1. The summed E-state index contributed by atoms with van der Waals surface area (Å²) in [6, 6.07) is 4.82. The Morgan fingerprint density at radius 2 is 1.95 bits per heavy atom. The van der Waals surface area contributed by atoms with Crippen molar-refractivity contribution in [3.8, 4) is 0 Å². The Hall–Kier alpha value is -0.770. The molecule has 1 heterocycles. The van der Waals surface area contributed by atoms with Crippen LogP contribution in [-0.4, -0.2) is 24.7 Å². The van der Waals surface area contributed by atoms with Gasteiger partial charge >= 0.3 is 5.97 Å². The number of piperidine rings is 1. The number of carbonyl (C=O) groups is 1. The molecule has 0 radical (unpaired) electrons. The first-order valence-corrected chi connectivity index (χ1v) is 7.66. The van der Waals surface area contributed by atoms with Crippen LogP contribution >= 0.6 is 23.2 Å². The Kier molecular flexibility index (Phi) is 4.95. The van der Waals surface area contributed by atoms with Gasteiger partial charge in [0.1, 0.15) is 5.60 Å². The topological polar surface area (TPSA) is 42.9 Å². The number of esters is 1. The molecule has 0 bridgehead atoms. The van der Waals surface area contributed by atoms with Crippen molar-refractivity contribution in [3.63, 3.8) is 0 Å². The van der Waals surface area contributed by atoms with E-state index in [1.54, 1.807) is 18.2 Å². The van der Waals surface area contributed by atoms with Crippen LogP contribution in [0.3, 0.4) is 0 Å². The van der Waals surface area contributed by atoms with E-state index < -0.39 is 11.6 Å². The summed E-state index contributed by atoms with van der Waals surface area (Å²) < 4.78 is 5.70. The number of hydrogen-bond acceptors (Lipinski definition) is 2. The number of rotatable bonds is 3. The minimum atomic E-state index is -0.489. The van der Waals surface area contributed by atoms with Crippen LogP contribution in [0.15, 0.2) is 18.2 Å². The zero-order chi connectivity index (χ0) is 14.8. The zero-order valence-corrected chi connectivity index (χ0v) is 13.3. The van der Waals surface area contributed by atoms with Gasteiger partial charge in [0.05, 0.1) is 23.7 Å². The predicted molar refractivity (Wildman–Crippen MR) is 80.3 cm³/mol. The third-order valence-electron chi connectivity index (χ3n) is 3.93. The van der Waals surface area contributed by atoms with Crippen molar-refractivity contribution < 1.29 is 14.8 Å². The van der Waals surface area contributed by atoms with E-state index in [4.69, 9.17) is 27.9 Å². The Morgan fingerprint density at radius 3 is 2.60 bits per heavy atom. The van der Waals surface area contributed by atoms with Gasteiger partial charge in [-0.1, -0.05) is 23.2 Å². The average molecular weight is 317 g/mol. The Morgan fingerprint density at radius 1 is 1.30 bits per heavy atom. The largest absolute Gasteiger partial charge is 0.456 e. The summed E-state index contributed by atoms with van der Waals surface area (Å²) >= 11 is 12.0. The van der Waals surface area contributed by atoms with Gasteiger partial charge in [-0.2, -0.15) is 0 Å². The first kappa shape index (κ1) is 15.6. The molecule has 0 unspecified atom stereocenters. The molecule has 1 aliphatic heterocycles. The van der Waals surface area contributed by atoms with Crippen molar-refractivity contribution in [1.82, 2.24) is 0 Å². The van der Waals surface area contributed by atoms with Gasteiger partial charge in [-0.3, -0.25) is 0 Å². The molecule has 1 fully saturated rings. The molecule has 2 rings (SSSR count). The fraction of sp³-hybridized carbons (Fsp3) is 0.533. The summed E-state index contributed by atoms with van der Waals surface area (Å²) in [5, 5.41) is 3.14. The van der Waals surface area contributed by atoms with Crippen molar-refractivity contribution in [2.75, 3.05) is 13.1 Å². The van der Waals surface area contributed by atoms with Gasteiger partial charge in [-0.05, 0) is 32.0 Å². The molecule has 0 atom stereocenters. The molecular formula is C15H20Cl2NO2+. The van der Waals surface area contributed by atoms with Gasteiger partial charge in [0.25, 0.3) is 0 Å². The number of nitrogens with two attached hydrogens (primary N) is 1. The Balaban J connectivity index is 2.11. The number of hydrogen-bond donors (Lipinski definition) is 1. The maximum atomic E-state index is 12.3. The van der Waals surface area contributed by atoms with Crippen LogP contribution in [0.5, 0.6) is 0 Å². The second kappa shape index (κ2) is 6.33. The van der Waals surface area contributed by atoms with E-state index in [9.17, 15) is 4.79 Å². The summed E-state index contributed by atoms with van der Waals surface area (Å²) in [7, 11) is 0. The summed E-state index contributed by atoms with van der Waals surface area (Å²) in [4.78, 5) is 12.3. The van der Waals surface area contributed by atoms with Crippen molar-refractivity contribution in [2.45, 2.75) is 32.3 Å². The third kappa shape index (κ3) is 3.66. The van der Waals surface area contributed by atoms with Gasteiger partial charge in [-0.25, -0.2) is 4.79 Å². The molecule has 1 aromatic carbocycles. The first-order valence-electron chi connectivity index (χ1n) is 6.90. The molecule has 110 valence electrons. The maximum absolute atomic E-state index is 12.3. The lowest BCUT2D eigenvalue weighted by atomic mass is 9.83. The molecule has 1 aromatic rings. The van der Waals surface area contributed by atoms with Crippen LogP contribution in [-0.2, 0) is 4.74 Å². The molecule has 1 aliphatic rings. The van der Waals surface area contributed by atoms with Crippen LogP contribution in [0.25, 0.3) is 0 Å². The molecule has 2 N–H and O–H groups in total. The second-order valence-electron chi connectivity index (χ2n) is 5.76. The van der Waals surface area contributed by atoms with Gasteiger partial charge in [0, 0.05) is 23.8 Å². The minimum absolute atomic E-state index is 0.328. The quantitative estimate of drug-likeness (QED) is 0.871. The van der Waals surface area contributed by atoms with Crippen molar-refractivity contribution in [3.05, 3.63) is 33.8 Å². The lowest BCUT2D eigenvalue weighted by Gasteiger charge is -2.35. The predicted octanol–water partition coefficient (Wildman–Crippen LogP) is 2.90. The third-order valence-corrected chi connectivity index (χ3v) is 4.49. The standard InChI is InChI=1S/C15H19Cl2NO2/c1-15(2,10-5-7-18-8-6-10)20-14(19)12-9-11(16)3-4-13(12)17/h3-4,9-10,18H,5-8H2,1-2H3/p+1. The number of benzene rings is 1. The van der Waals surface area contributed by atoms with Crippen LogP contribution in [0.2, 0.25) is 10.0 Å². The highest BCUT2D eigenvalue weighted by molar-refractivity contribution is 6.35. The van der Waals surface area contributed by atoms with Gasteiger partial charge < -0.3 is 10.1 Å². The molecule has 0 aliphatic carbocycles. The second-order valence-corrected chi connectivity index (χ2v) is 6.60. The van der Waals surface area contributed by atoms with Gasteiger partial charge in [0.2, 0.25) is 0 Å². The molecule has 20 heavy (non-hydrogen) atoms. The minimum Gasteiger partial charge on any atom is -0.456 e. The molecule has 0 amide bonds. The normalized spacial score (nSPS) is 17.0. The van der Waals surface area contributed by atoms with Crippen molar-refractivity contribution >= 4 is 29.2 Å². The van der Waals surface area contributed by atoms with E-state index in [1.165, 1.54) is 0 Å². The summed E-state index contributed by atoms with van der Waals surface area (Å²) in [6.45, 7) is 6.12.